The van der Waals surface area contributed by atoms with Gasteiger partial charge in [0, 0.05) is 58.4 Å². The number of nitrogens with zero attached hydrogens (tertiary/aromatic N) is 2. The van der Waals surface area contributed by atoms with Gasteiger partial charge in [-0.2, -0.15) is 0 Å². The van der Waals surface area contributed by atoms with Crippen molar-refractivity contribution >= 4 is 23.4 Å². The predicted molar refractivity (Wildman–Crippen MR) is 121 cm³/mol. The minimum absolute atomic E-state index is 0.0190. The van der Waals surface area contributed by atoms with E-state index in [-0.39, 0.29) is 49.0 Å². The van der Waals surface area contributed by atoms with Gasteiger partial charge in [-0.25, -0.2) is 0 Å². The number of ether oxygens (including phenoxy) is 3. The van der Waals surface area contributed by atoms with Gasteiger partial charge < -0.3 is 29.3 Å². The SMILES string of the molecule is CCC(=O)N1C[C@@H](C)[C@@H](OC)CN(C)C(=O)c2ccc(NC(=O)COC)cc2OC[C@H]1C. The van der Waals surface area contributed by atoms with Crippen molar-refractivity contribution in [1.82, 2.24) is 9.80 Å². The second-order valence-electron chi connectivity index (χ2n) is 8.19. The van der Waals surface area contributed by atoms with E-state index in [1.165, 1.54) is 7.11 Å². The summed E-state index contributed by atoms with van der Waals surface area (Å²) < 4.78 is 16.6. The minimum atomic E-state index is -0.311. The molecule has 0 saturated carbocycles. The second-order valence-corrected chi connectivity index (χ2v) is 8.19. The number of carbonyl (C=O) groups is 3. The van der Waals surface area contributed by atoms with Crippen molar-refractivity contribution in [3.63, 3.8) is 0 Å². The van der Waals surface area contributed by atoms with Crippen molar-refractivity contribution < 1.29 is 28.6 Å². The molecular formula is C23H35N3O6. The summed E-state index contributed by atoms with van der Waals surface area (Å²) >= 11 is 0. The highest BCUT2D eigenvalue weighted by molar-refractivity contribution is 5.98. The highest BCUT2D eigenvalue weighted by Gasteiger charge is 2.29. The molecule has 0 aromatic heterocycles. The molecule has 0 unspecified atom stereocenters. The zero-order valence-corrected chi connectivity index (χ0v) is 19.8. The summed E-state index contributed by atoms with van der Waals surface area (Å²) in [6.07, 6.45) is 0.152. The monoisotopic (exact) mass is 449 g/mol. The van der Waals surface area contributed by atoms with E-state index in [1.54, 1.807) is 37.3 Å². The van der Waals surface area contributed by atoms with Crippen LogP contribution in [0.4, 0.5) is 5.69 Å². The van der Waals surface area contributed by atoms with Crippen LogP contribution in [-0.4, -0.2) is 87.2 Å². The third-order valence-corrected chi connectivity index (χ3v) is 5.63. The maximum absolute atomic E-state index is 13.2. The molecule has 3 amide bonds. The molecule has 0 spiro atoms. The zero-order chi connectivity index (χ0) is 23.8. The summed E-state index contributed by atoms with van der Waals surface area (Å²) in [5, 5.41) is 2.72. The fourth-order valence-electron chi connectivity index (χ4n) is 3.73. The summed E-state index contributed by atoms with van der Waals surface area (Å²) in [5.74, 6) is -0.126. The number of amides is 3. The van der Waals surface area contributed by atoms with Crippen LogP contribution in [0.5, 0.6) is 5.75 Å². The lowest BCUT2D eigenvalue weighted by Crippen LogP contribution is -2.48. The highest BCUT2D eigenvalue weighted by atomic mass is 16.5. The van der Waals surface area contributed by atoms with E-state index in [1.807, 2.05) is 25.7 Å². The average molecular weight is 450 g/mol. The lowest BCUT2D eigenvalue weighted by atomic mass is 10.0. The van der Waals surface area contributed by atoms with Gasteiger partial charge in [-0.15, -0.1) is 0 Å². The molecule has 0 aliphatic carbocycles. The molecular weight excluding hydrogens is 414 g/mol. The van der Waals surface area contributed by atoms with E-state index in [0.717, 1.165) is 0 Å². The summed E-state index contributed by atoms with van der Waals surface area (Å²) in [6.45, 7) is 6.76. The molecule has 3 atom stereocenters. The fraction of sp³-hybridized carbons (Fsp3) is 0.609. The van der Waals surface area contributed by atoms with Gasteiger partial charge >= 0.3 is 0 Å². The lowest BCUT2D eigenvalue weighted by molar-refractivity contribution is -0.135. The van der Waals surface area contributed by atoms with Gasteiger partial charge in [0.1, 0.15) is 19.0 Å². The lowest BCUT2D eigenvalue weighted by Gasteiger charge is -2.36. The number of rotatable bonds is 5. The van der Waals surface area contributed by atoms with Gasteiger partial charge in [0.2, 0.25) is 11.8 Å². The van der Waals surface area contributed by atoms with Crippen LogP contribution in [0.1, 0.15) is 37.6 Å². The number of fused-ring (bicyclic) bond motifs is 1. The van der Waals surface area contributed by atoms with E-state index >= 15 is 0 Å². The maximum atomic E-state index is 13.2. The van der Waals surface area contributed by atoms with Crippen molar-refractivity contribution in [1.29, 1.82) is 0 Å². The Morgan fingerprint density at radius 2 is 1.94 bits per heavy atom. The van der Waals surface area contributed by atoms with Crippen LogP contribution < -0.4 is 10.1 Å². The van der Waals surface area contributed by atoms with Crippen LogP contribution in [0.25, 0.3) is 0 Å². The quantitative estimate of drug-likeness (QED) is 0.739. The smallest absolute Gasteiger partial charge is 0.257 e. The molecule has 0 fully saturated rings. The van der Waals surface area contributed by atoms with Crippen LogP contribution >= 0.6 is 0 Å². The molecule has 1 aromatic carbocycles. The van der Waals surface area contributed by atoms with E-state index in [9.17, 15) is 14.4 Å². The molecule has 0 saturated heterocycles. The number of hydrogen-bond donors (Lipinski definition) is 1. The van der Waals surface area contributed by atoms with Crippen molar-refractivity contribution in [2.75, 3.05) is 52.9 Å². The fourth-order valence-corrected chi connectivity index (χ4v) is 3.73. The Labute approximate surface area is 190 Å². The van der Waals surface area contributed by atoms with Crippen LogP contribution in [0.15, 0.2) is 18.2 Å². The van der Waals surface area contributed by atoms with Crippen LogP contribution in [0.2, 0.25) is 0 Å². The first kappa shape index (κ1) is 25.6. The zero-order valence-electron chi connectivity index (χ0n) is 19.8. The Morgan fingerprint density at radius 3 is 2.56 bits per heavy atom. The number of anilines is 1. The molecule has 178 valence electrons. The number of methoxy groups -OCH3 is 2. The third-order valence-electron chi connectivity index (χ3n) is 5.63. The second kappa shape index (κ2) is 11.8. The number of likely N-dealkylation sites (N-methyl/N-ethyl adjacent to an activating group) is 1. The topological polar surface area (TPSA) is 97.4 Å². The Kier molecular flexibility index (Phi) is 9.46. The molecule has 1 heterocycles. The molecule has 0 radical (unpaired) electrons. The molecule has 32 heavy (non-hydrogen) atoms. The first-order valence-electron chi connectivity index (χ1n) is 10.8. The van der Waals surface area contributed by atoms with Gasteiger partial charge in [-0.05, 0) is 19.1 Å². The number of benzene rings is 1. The van der Waals surface area contributed by atoms with E-state index in [0.29, 0.717) is 36.5 Å². The Balaban J connectivity index is 2.42. The average Bonchev–Trinajstić information content (AvgIpc) is 2.77. The maximum Gasteiger partial charge on any atom is 0.257 e. The van der Waals surface area contributed by atoms with E-state index in [4.69, 9.17) is 14.2 Å². The first-order valence-corrected chi connectivity index (χ1v) is 10.8. The van der Waals surface area contributed by atoms with Crippen LogP contribution in [-0.2, 0) is 19.1 Å². The van der Waals surface area contributed by atoms with E-state index in [2.05, 4.69) is 5.32 Å². The van der Waals surface area contributed by atoms with Crippen molar-refractivity contribution in [3.8, 4) is 5.75 Å². The van der Waals surface area contributed by atoms with Crippen molar-refractivity contribution in [2.24, 2.45) is 5.92 Å². The number of hydrogen-bond acceptors (Lipinski definition) is 6. The molecule has 1 aromatic rings. The molecule has 9 heteroatoms. The van der Waals surface area contributed by atoms with E-state index < -0.39 is 0 Å². The van der Waals surface area contributed by atoms with Crippen molar-refractivity contribution in [3.05, 3.63) is 23.8 Å². The number of carbonyl (C=O) groups excluding carboxylic acids is 3. The van der Waals surface area contributed by atoms with Crippen LogP contribution in [0, 0.1) is 5.92 Å². The Hall–Kier alpha value is -2.65. The Bertz CT molecular complexity index is 815. The molecule has 2 rings (SSSR count). The summed E-state index contributed by atoms with van der Waals surface area (Å²) in [6, 6.07) is 4.69. The normalized spacial score (nSPS) is 22.3. The van der Waals surface area contributed by atoms with Gasteiger partial charge in [0.25, 0.3) is 5.91 Å². The molecule has 9 nitrogen and oxygen atoms in total. The van der Waals surface area contributed by atoms with Gasteiger partial charge in [-0.1, -0.05) is 13.8 Å². The third kappa shape index (κ3) is 6.43. The Morgan fingerprint density at radius 1 is 1.22 bits per heavy atom. The number of nitrogens with one attached hydrogen (secondary N) is 1. The minimum Gasteiger partial charge on any atom is -0.491 e. The predicted octanol–water partition coefficient (Wildman–Crippen LogP) is 2.01. The molecule has 1 aliphatic heterocycles. The largest absolute Gasteiger partial charge is 0.491 e. The summed E-state index contributed by atoms with van der Waals surface area (Å²) in [4.78, 5) is 41.1. The molecule has 1 N–H and O–H groups in total. The van der Waals surface area contributed by atoms with Crippen LogP contribution in [0.3, 0.4) is 0 Å². The standard InChI is InChI=1S/C23H35N3O6/c1-7-22(28)26-11-15(2)20(31-6)12-25(4)23(29)18-9-8-17(24-21(27)14-30-5)10-19(18)32-13-16(26)3/h8-10,15-16,20H,7,11-14H2,1-6H3,(H,24,27)/t15-,16-,20+/m1/s1. The highest BCUT2D eigenvalue weighted by Crippen LogP contribution is 2.27. The van der Waals surface area contributed by atoms with Crippen molar-refractivity contribution in [2.45, 2.75) is 39.3 Å². The molecule has 1 aliphatic rings. The summed E-state index contributed by atoms with van der Waals surface area (Å²) in [5.41, 5.74) is 0.867. The van der Waals surface area contributed by atoms with Gasteiger partial charge in [-0.3, -0.25) is 14.4 Å². The van der Waals surface area contributed by atoms with Gasteiger partial charge in [0.15, 0.2) is 0 Å². The first-order chi connectivity index (χ1) is 15.2. The molecule has 0 bridgehead atoms. The summed E-state index contributed by atoms with van der Waals surface area (Å²) in [7, 11) is 4.77. The van der Waals surface area contributed by atoms with Gasteiger partial charge in [0.05, 0.1) is 17.7 Å².